The molecule has 0 aliphatic carbocycles. The number of methoxy groups -OCH3 is 1. The molecule has 4 heteroatoms. The van der Waals surface area contributed by atoms with Gasteiger partial charge < -0.3 is 4.74 Å². The number of nitrogens with zero attached hydrogens (tertiary/aromatic N) is 3. The summed E-state index contributed by atoms with van der Waals surface area (Å²) in [5.41, 5.74) is 5.52. The number of likely N-dealkylation sites (tertiary alicyclic amines) is 1. The SMILES string of the molecule is COc1ccc2cc(CN3CCC[C@H](C#N)C3)c(-c3cccc(C)c3)nc2c1. The number of nitriles is 1. The normalized spacial score (nSPS) is 17.4. The summed E-state index contributed by atoms with van der Waals surface area (Å²) in [4.78, 5) is 7.42. The largest absolute Gasteiger partial charge is 0.497 e. The third kappa shape index (κ3) is 3.85. The standard InChI is InChI=1S/C24H25N3O/c1-17-5-3-7-20(11-17)24-21(16-27-10-4-6-18(14-25)15-27)12-19-8-9-22(28-2)13-23(19)26-24/h3,5,7-9,11-13,18H,4,6,10,15-16H2,1-2H3/t18-/m1/s1. The predicted octanol–water partition coefficient (Wildman–Crippen LogP) is 4.95. The summed E-state index contributed by atoms with van der Waals surface area (Å²) in [6.07, 6.45) is 2.09. The second-order valence-electron chi connectivity index (χ2n) is 7.63. The molecule has 0 spiro atoms. The number of ether oxygens (including phenoxy) is 1. The van der Waals surface area contributed by atoms with Crippen molar-refractivity contribution in [2.75, 3.05) is 20.2 Å². The minimum absolute atomic E-state index is 0.133. The van der Waals surface area contributed by atoms with Gasteiger partial charge in [-0.25, -0.2) is 4.98 Å². The van der Waals surface area contributed by atoms with Crippen molar-refractivity contribution in [3.05, 3.63) is 59.7 Å². The number of aromatic nitrogens is 1. The van der Waals surface area contributed by atoms with E-state index in [0.29, 0.717) is 0 Å². The number of hydrogen-bond acceptors (Lipinski definition) is 4. The number of pyridine rings is 1. The van der Waals surface area contributed by atoms with Crippen LogP contribution >= 0.6 is 0 Å². The summed E-state index contributed by atoms with van der Waals surface area (Å²) in [7, 11) is 1.68. The first-order chi connectivity index (χ1) is 13.7. The molecule has 2 aromatic carbocycles. The monoisotopic (exact) mass is 371 g/mol. The molecule has 142 valence electrons. The van der Waals surface area contributed by atoms with Crippen LogP contribution in [0.25, 0.3) is 22.2 Å². The average Bonchev–Trinajstić information content (AvgIpc) is 2.73. The fourth-order valence-electron chi connectivity index (χ4n) is 4.03. The van der Waals surface area contributed by atoms with E-state index in [1.807, 2.05) is 12.1 Å². The van der Waals surface area contributed by atoms with Crippen LogP contribution in [0, 0.1) is 24.2 Å². The van der Waals surface area contributed by atoms with E-state index in [1.165, 1.54) is 11.1 Å². The Bertz CT molecular complexity index is 1040. The van der Waals surface area contributed by atoms with Crippen LogP contribution in [0.15, 0.2) is 48.5 Å². The summed E-state index contributed by atoms with van der Waals surface area (Å²) in [6, 6.07) is 19.2. The zero-order chi connectivity index (χ0) is 19.5. The van der Waals surface area contributed by atoms with Gasteiger partial charge in [-0.15, -0.1) is 0 Å². The first-order valence-electron chi connectivity index (χ1n) is 9.83. The lowest BCUT2D eigenvalue weighted by Crippen LogP contribution is -2.34. The molecule has 0 bridgehead atoms. The molecule has 1 aromatic heterocycles. The molecule has 1 fully saturated rings. The molecule has 3 aromatic rings. The van der Waals surface area contributed by atoms with Gasteiger partial charge in [0.05, 0.1) is 30.3 Å². The number of aryl methyl sites for hydroxylation is 1. The van der Waals surface area contributed by atoms with Crippen molar-refractivity contribution in [3.63, 3.8) is 0 Å². The van der Waals surface area contributed by atoms with E-state index in [9.17, 15) is 5.26 Å². The molecule has 28 heavy (non-hydrogen) atoms. The Morgan fingerprint density at radius 2 is 2.11 bits per heavy atom. The molecule has 4 nitrogen and oxygen atoms in total. The second-order valence-corrected chi connectivity index (χ2v) is 7.63. The number of rotatable bonds is 4. The van der Waals surface area contributed by atoms with Gasteiger partial charge in [0.25, 0.3) is 0 Å². The summed E-state index contributed by atoms with van der Waals surface area (Å²) in [6.45, 7) is 4.79. The van der Waals surface area contributed by atoms with Crippen LogP contribution in [0.3, 0.4) is 0 Å². The Hall–Kier alpha value is -2.90. The Kier molecular flexibility index (Phi) is 5.27. The molecular formula is C24H25N3O. The van der Waals surface area contributed by atoms with Crippen LogP contribution in [0.5, 0.6) is 5.75 Å². The molecule has 1 atom stereocenters. The van der Waals surface area contributed by atoms with E-state index >= 15 is 0 Å². The van der Waals surface area contributed by atoms with Crippen molar-refractivity contribution in [2.24, 2.45) is 5.92 Å². The quantitative estimate of drug-likeness (QED) is 0.651. The van der Waals surface area contributed by atoms with Crippen molar-refractivity contribution in [3.8, 4) is 23.1 Å². The number of benzene rings is 2. The van der Waals surface area contributed by atoms with Gasteiger partial charge in [0.2, 0.25) is 0 Å². The molecule has 0 N–H and O–H groups in total. The molecule has 0 radical (unpaired) electrons. The summed E-state index contributed by atoms with van der Waals surface area (Å²) in [5, 5.41) is 10.4. The van der Waals surface area contributed by atoms with Gasteiger partial charge >= 0.3 is 0 Å². The molecule has 1 aliphatic rings. The van der Waals surface area contributed by atoms with E-state index in [0.717, 1.165) is 60.4 Å². The minimum Gasteiger partial charge on any atom is -0.497 e. The highest BCUT2D eigenvalue weighted by atomic mass is 16.5. The van der Waals surface area contributed by atoms with E-state index < -0.39 is 0 Å². The Morgan fingerprint density at radius 3 is 2.89 bits per heavy atom. The van der Waals surface area contributed by atoms with Gasteiger partial charge in [-0.2, -0.15) is 5.26 Å². The molecule has 1 saturated heterocycles. The lowest BCUT2D eigenvalue weighted by Gasteiger charge is -2.30. The van der Waals surface area contributed by atoms with Crippen molar-refractivity contribution < 1.29 is 4.74 Å². The maximum absolute atomic E-state index is 9.33. The van der Waals surface area contributed by atoms with Gasteiger partial charge in [0, 0.05) is 30.1 Å². The van der Waals surface area contributed by atoms with Gasteiger partial charge in [-0.1, -0.05) is 23.8 Å². The fourth-order valence-corrected chi connectivity index (χ4v) is 4.03. The number of fused-ring (bicyclic) bond motifs is 1. The first-order valence-corrected chi connectivity index (χ1v) is 9.83. The minimum atomic E-state index is 0.133. The van der Waals surface area contributed by atoms with Gasteiger partial charge in [-0.05, 0) is 56.1 Å². The van der Waals surface area contributed by atoms with Crippen LogP contribution < -0.4 is 4.74 Å². The molecule has 0 amide bonds. The highest BCUT2D eigenvalue weighted by Crippen LogP contribution is 2.30. The Morgan fingerprint density at radius 1 is 1.21 bits per heavy atom. The molecule has 0 saturated carbocycles. The van der Waals surface area contributed by atoms with Gasteiger partial charge in [-0.3, -0.25) is 4.90 Å². The van der Waals surface area contributed by atoms with Crippen molar-refractivity contribution in [1.82, 2.24) is 9.88 Å². The van der Waals surface area contributed by atoms with Crippen LogP contribution in [0.4, 0.5) is 0 Å². The van der Waals surface area contributed by atoms with E-state index in [1.54, 1.807) is 7.11 Å². The highest BCUT2D eigenvalue weighted by molar-refractivity contribution is 5.84. The molecule has 1 aliphatic heterocycles. The van der Waals surface area contributed by atoms with Gasteiger partial charge in [0.1, 0.15) is 5.75 Å². The summed E-state index contributed by atoms with van der Waals surface area (Å²) in [5.74, 6) is 0.949. The zero-order valence-corrected chi connectivity index (χ0v) is 16.5. The topological polar surface area (TPSA) is 49.1 Å². The maximum atomic E-state index is 9.33. The lowest BCUT2D eigenvalue weighted by molar-refractivity contribution is 0.192. The summed E-state index contributed by atoms with van der Waals surface area (Å²) >= 11 is 0. The Labute approximate surface area is 166 Å². The van der Waals surface area contributed by atoms with E-state index in [4.69, 9.17) is 9.72 Å². The third-order valence-corrected chi connectivity index (χ3v) is 5.48. The summed E-state index contributed by atoms with van der Waals surface area (Å²) < 4.78 is 5.38. The number of hydrogen-bond donors (Lipinski definition) is 0. The smallest absolute Gasteiger partial charge is 0.121 e. The first kappa shape index (κ1) is 18.5. The van der Waals surface area contributed by atoms with Crippen molar-refractivity contribution in [2.45, 2.75) is 26.3 Å². The molecular weight excluding hydrogens is 346 g/mol. The molecule has 2 heterocycles. The number of piperidine rings is 1. The average molecular weight is 371 g/mol. The van der Waals surface area contributed by atoms with Crippen LogP contribution in [0.1, 0.15) is 24.0 Å². The molecule has 4 rings (SSSR count). The second kappa shape index (κ2) is 8.00. The maximum Gasteiger partial charge on any atom is 0.121 e. The van der Waals surface area contributed by atoms with E-state index in [-0.39, 0.29) is 5.92 Å². The van der Waals surface area contributed by atoms with Crippen molar-refractivity contribution >= 4 is 10.9 Å². The third-order valence-electron chi connectivity index (χ3n) is 5.48. The zero-order valence-electron chi connectivity index (χ0n) is 16.5. The van der Waals surface area contributed by atoms with Crippen LogP contribution in [-0.2, 0) is 6.54 Å². The fraction of sp³-hybridized carbons (Fsp3) is 0.333. The van der Waals surface area contributed by atoms with Crippen LogP contribution in [-0.4, -0.2) is 30.1 Å². The van der Waals surface area contributed by atoms with Gasteiger partial charge in [0.15, 0.2) is 0 Å². The van der Waals surface area contributed by atoms with E-state index in [2.05, 4.69) is 54.3 Å². The van der Waals surface area contributed by atoms with Crippen LogP contribution in [0.2, 0.25) is 0 Å². The Balaban J connectivity index is 1.78. The van der Waals surface area contributed by atoms with Crippen molar-refractivity contribution in [1.29, 1.82) is 5.26 Å². The highest BCUT2D eigenvalue weighted by Gasteiger charge is 2.21. The lowest BCUT2D eigenvalue weighted by atomic mass is 9.97. The predicted molar refractivity (Wildman–Crippen MR) is 112 cm³/mol. The molecule has 0 unspecified atom stereocenters.